The number of benzene rings is 1. The fourth-order valence-electron chi connectivity index (χ4n) is 3.32. The Kier molecular flexibility index (Phi) is 8.51. The monoisotopic (exact) mass is 448 g/mol. The predicted molar refractivity (Wildman–Crippen MR) is 117 cm³/mol. The highest BCUT2D eigenvalue weighted by molar-refractivity contribution is 5.90. The highest BCUT2D eigenvalue weighted by Crippen LogP contribution is 2.28. The first-order valence-electron chi connectivity index (χ1n) is 10.3. The Balaban J connectivity index is 2.38. The third-order valence-electron chi connectivity index (χ3n) is 4.85. The minimum absolute atomic E-state index is 0.0755. The van der Waals surface area contributed by atoms with Gasteiger partial charge in [0.2, 0.25) is 5.91 Å². The molecular weight excluding hydrogens is 416 g/mol. The molecule has 1 aromatic rings. The van der Waals surface area contributed by atoms with E-state index in [9.17, 15) is 14.4 Å². The van der Waals surface area contributed by atoms with E-state index in [0.29, 0.717) is 17.1 Å². The first-order valence-corrected chi connectivity index (χ1v) is 10.3. The van der Waals surface area contributed by atoms with Crippen LogP contribution in [0.1, 0.15) is 39.2 Å². The smallest absolute Gasteiger partial charge is 0.408 e. The van der Waals surface area contributed by atoms with Gasteiger partial charge in [0.1, 0.15) is 29.2 Å². The molecule has 2 amide bonds. The normalized spacial score (nSPS) is 19.9. The fraction of sp³-hybridized carbons (Fsp3) is 0.522. The summed E-state index contributed by atoms with van der Waals surface area (Å²) in [6.07, 6.45) is 3.41. The van der Waals surface area contributed by atoms with Gasteiger partial charge in [-0.25, -0.2) is 9.59 Å². The lowest BCUT2D eigenvalue weighted by atomic mass is 10.0. The van der Waals surface area contributed by atoms with E-state index in [-0.39, 0.29) is 19.4 Å². The summed E-state index contributed by atoms with van der Waals surface area (Å²) in [5.41, 5.74) is -0.0360. The number of ether oxygens (including phenoxy) is 4. The van der Waals surface area contributed by atoms with E-state index < -0.39 is 35.7 Å². The van der Waals surface area contributed by atoms with E-state index in [4.69, 9.17) is 18.9 Å². The first-order chi connectivity index (χ1) is 15.1. The molecule has 0 spiro atoms. The molecular formula is C23H32N2O7. The van der Waals surface area contributed by atoms with Crippen molar-refractivity contribution in [2.24, 2.45) is 0 Å². The van der Waals surface area contributed by atoms with Gasteiger partial charge in [0.25, 0.3) is 0 Å². The van der Waals surface area contributed by atoms with E-state index in [1.54, 1.807) is 58.2 Å². The second kappa shape index (κ2) is 10.9. The summed E-state index contributed by atoms with van der Waals surface area (Å²) < 4.78 is 20.9. The summed E-state index contributed by atoms with van der Waals surface area (Å²) in [7, 11) is 4.33. The number of carbonyl (C=O) groups is 3. The van der Waals surface area contributed by atoms with Crippen LogP contribution in [0.15, 0.2) is 30.4 Å². The van der Waals surface area contributed by atoms with Gasteiger partial charge in [-0.3, -0.25) is 4.79 Å². The molecule has 9 heteroatoms. The van der Waals surface area contributed by atoms with Gasteiger partial charge in [-0.05, 0) is 45.7 Å². The molecule has 1 aliphatic heterocycles. The number of carbonyl (C=O) groups excluding carboxylic acids is 3. The van der Waals surface area contributed by atoms with Crippen molar-refractivity contribution in [1.82, 2.24) is 10.2 Å². The van der Waals surface area contributed by atoms with Gasteiger partial charge >= 0.3 is 12.1 Å². The van der Waals surface area contributed by atoms with Crippen LogP contribution in [0.3, 0.4) is 0 Å². The highest BCUT2D eigenvalue weighted by atomic mass is 16.6. The fourth-order valence-corrected chi connectivity index (χ4v) is 3.32. The van der Waals surface area contributed by atoms with E-state index in [1.165, 1.54) is 19.1 Å². The molecule has 32 heavy (non-hydrogen) atoms. The van der Waals surface area contributed by atoms with Crippen LogP contribution in [-0.4, -0.2) is 61.9 Å². The molecule has 9 nitrogen and oxygen atoms in total. The average Bonchev–Trinajstić information content (AvgIpc) is 2.74. The van der Waals surface area contributed by atoms with Crippen molar-refractivity contribution >= 4 is 18.0 Å². The lowest BCUT2D eigenvalue weighted by molar-refractivity contribution is -0.154. The molecule has 0 saturated carbocycles. The molecule has 1 heterocycles. The molecule has 1 aliphatic rings. The zero-order chi connectivity index (χ0) is 23.9. The quantitative estimate of drug-likeness (QED) is 0.527. The predicted octanol–water partition coefficient (Wildman–Crippen LogP) is 2.82. The van der Waals surface area contributed by atoms with Gasteiger partial charge in [-0.15, -0.1) is 0 Å². The second-order valence-electron chi connectivity index (χ2n) is 8.32. The van der Waals surface area contributed by atoms with Crippen LogP contribution in [0, 0.1) is 0 Å². The van der Waals surface area contributed by atoms with Crippen LogP contribution in [0.25, 0.3) is 0 Å². The van der Waals surface area contributed by atoms with Gasteiger partial charge < -0.3 is 29.2 Å². The first kappa shape index (κ1) is 25.0. The van der Waals surface area contributed by atoms with E-state index in [0.717, 1.165) is 0 Å². The zero-order valence-electron chi connectivity index (χ0n) is 19.5. The number of methoxy groups -OCH3 is 3. The number of alkyl carbamates (subject to hydrolysis) is 1. The van der Waals surface area contributed by atoms with Crippen LogP contribution in [0.2, 0.25) is 0 Å². The molecule has 0 bridgehead atoms. The van der Waals surface area contributed by atoms with Gasteiger partial charge in [0.05, 0.1) is 27.9 Å². The number of nitrogens with one attached hydrogen (secondary N) is 1. The summed E-state index contributed by atoms with van der Waals surface area (Å²) >= 11 is 0. The van der Waals surface area contributed by atoms with Crippen LogP contribution >= 0.6 is 0 Å². The molecule has 176 valence electrons. The van der Waals surface area contributed by atoms with Crippen LogP contribution in [0.5, 0.6) is 11.5 Å². The Morgan fingerprint density at radius 1 is 1.09 bits per heavy atom. The Bertz CT molecular complexity index is 860. The van der Waals surface area contributed by atoms with Gasteiger partial charge in [-0.2, -0.15) is 0 Å². The van der Waals surface area contributed by atoms with Crippen molar-refractivity contribution in [3.8, 4) is 11.5 Å². The molecule has 0 aromatic heterocycles. The lowest BCUT2D eigenvalue weighted by Gasteiger charge is -2.34. The third-order valence-corrected chi connectivity index (χ3v) is 4.85. The van der Waals surface area contributed by atoms with Crippen molar-refractivity contribution in [3.63, 3.8) is 0 Å². The Labute approximate surface area is 188 Å². The summed E-state index contributed by atoms with van der Waals surface area (Å²) in [5, 5.41) is 2.63. The summed E-state index contributed by atoms with van der Waals surface area (Å²) in [4.78, 5) is 39.8. The molecule has 0 saturated heterocycles. The van der Waals surface area contributed by atoms with Gasteiger partial charge in [0, 0.05) is 11.6 Å². The number of esters is 1. The minimum atomic E-state index is -0.905. The molecule has 0 aliphatic carbocycles. The number of hydrogen-bond acceptors (Lipinski definition) is 7. The second-order valence-corrected chi connectivity index (χ2v) is 8.32. The maximum Gasteiger partial charge on any atom is 0.408 e. The van der Waals surface area contributed by atoms with E-state index in [2.05, 4.69) is 5.32 Å². The van der Waals surface area contributed by atoms with Crippen LogP contribution < -0.4 is 14.8 Å². The Morgan fingerprint density at radius 3 is 2.38 bits per heavy atom. The maximum absolute atomic E-state index is 13.5. The summed E-state index contributed by atoms with van der Waals surface area (Å²) in [6, 6.07) is 3.45. The van der Waals surface area contributed by atoms with E-state index in [1.807, 2.05) is 0 Å². The zero-order valence-corrected chi connectivity index (χ0v) is 19.5. The molecule has 2 rings (SSSR count). The summed E-state index contributed by atoms with van der Waals surface area (Å²) in [6.45, 7) is 5.29. The molecule has 1 N–H and O–H groups in total. The van der Waals surface area contributed by atoms with Crippen molar-refractivity contribution in [1.29, 1.82) is 0 Å². The third kappa shape index (κ3) is 6.63. The Hall–Kier alpha value is -3.23. The van der Waals surface area contributed by atoms with Crippen LogP contribution in [-0.2, 0) is 25.6 Å². The number of nitrogens with zero attached hydrogens (tertiary/aromatic N) is 1. The lowest BCUT2D eigenvalue weighted by Crippen LogP contribution is -2.54. The maximum atomic E-state index is 13.5. The molecule has 0 unspecified atom stereocenters. The SMILES string of the molecule is COC(=O)[C@@H]1C/C=C\C[C@H](NC(=O)OC(C)(C)C)C(=O)N1Cc1ccc(OC)cc1OC. The molecule has 1 aromatic carbocycles. The Morgan fingerprint density at radius 2 is 1.78 bits per heavy atom. The van der Waals surface area contributed by atoms with Gasteiger partial charge in [-0.1, -0.05) is 12.2 Å². The average molecular weight is 449 g/mol. The van der Waals surface area contributed by atoms with Gasteiger partial charge in [0.15, 0.2) is 0 Å². The van der Waals surface area contributed by atoms with Crippen molar-refractivity contribution in [2.45, 2.75) is 57.8 Å². The number of rotatable bonds is 6. The van der Waals surface area contributed by atoms with E-state index >= 15 is 0 Å². The van der Waals surface area contributed by atoms with Crippen molar-refractivity contribution in [3.05, 3.63) is 35.9 Å². The largest absolute Gasteiger partial charge is 0.497 e. The van der Waals surface area contributed by atoms with Crippen LogP contribution in [0.4, 0.5) is 4.79 Å². The highest BCUT2D eigenvalue weighted by Gasteiger charge is 2.36. The topological polar surface area (TPSA) is 103 Å². The standard InChI is InChI=1S/C23H32N2O7/c1-23(2,3)32-22(28)24-17-9-7-8-10-18(21(27)31-6)25(20(17)26)14-15-11-12-16(29-4)13-19(15)30-5/h7-8,11-13,17-18H,9-10,14H2,1-6H3,(H,24,28)/b8-7-/t17-,18-/m0/s1. The minimum Gasteiger partial charge on any atom is -0.497 e. The molecule has 0 fully saturated rings. The summed E-state index contributed by atoms with van der Waals surface area (Å²) in [5.74, 6) is 0.137. The number of hydrogen-bond donors (Lipinski definition) is 1. The molecule has 0 radical (unpaired) electrons. The number of amides is 2. The van der Waals surface area contributed by atoms with Crippen molar-refractivity contribution < 1.29 is 33.3 Å². The molecule has 2 atom stereocenters. The van der Waals surface area contributed by atoms with Crippen molar-refractivity contribution in [2.75, 3.05) is 21.3 Å².